The van der Waals surface area contributed by atoms with Gasteiger partial charge in [0.1, 0.15) is 5.65 Å². The van der Waals surface area contributed by atoms with Crippen molar-refractivity contribution in [2.24, 2.45) is 0 Å². The van der Waals surface area contributed by atoms with Crippen LogP contribution in [0.25, 0.3) is 5.65 Å². The molecule has 2 aromatic heterocycles. The SMILES string of the molecule is O=C(O)C(Cl)(Cc1cnc2ccccn12)P(=O)(O)O. The molecule has 3 N–H and O–H groups in total. The summed E-state index contributed by atoms with van der Waals surface area (Å²) in [7, 11) is -5.04. The highest BCUT2D eigenvalue weighted by Gasteiger charge is 2.53. The lowest BCUT2D eigenvalue weighted by atomic mass is 10.2. The molecule has 0 spiro atoms. The maximum atomic E-state index is 11.3. The van der Waals surface area contributed by atoms with E-state index in [9.17, 15) is 9.36 Å². The van der Waals surface area contributed by atoms with Gasteiger partial charge in [0.05, 0.1) is 0 Å². The Kier molecular flexibility index (Phi) is 3.40. The van der Waals surface area contributed by atoms with Crippen LogP contribution in [0.1, 0.15) is 5.69 Å². The number of halogens is 1. The van der Waals surface area contributed by atoms with Gasteiger partial charge in [0.2, 0.25) is 4.62 Å². The monoisotopic (exact) mass is 304 g/mol. The van der Waals surface area contributed by atoms with Gasteiger partial charge in [0.15, 0.2) is 0 Å². The lowest BCUT2D eigenvalue weighted by Crippen LogP contribution is -2.35. The number of fused-ring (bicyclic) bond motifs is 1. The third-order valence-corrected chi connectivity index (χ3v) is 4.93. The number of pyridine rings is 1. The fourth-order valence-corrected chi connectivity index (χ4v) is 2.41. The second-order valence-electron chi connectivity index (χ2n) is 3.96. The zero-order chi connectivity index (χ0) is 14.3. The first-order valence-corrected chi connectivity index (χ1v) is 7.13. The van der Waals surface area contributed by atoms with Gasteiger partial charge in [-0.15, -0.1) is 0 Å². The van der Waals surface area contributed by atoms with E-state index >= 15 is 0 Å². The highest BCUT2D eigenvalue weighted by molar-refractivity contribution is 7.57. The molecular weight excluding hydrogens is 295 g/mol. The molecule has 0 radical (unpaired) electrons. The quantitative estimate of drug-likeness (QED) is 0.575. The summed E-state index contributed by atoms with van der Waals surface area (Å²) >= 11 is 5.64. The number of carbonyl (C=O) groups is 1. The van der Waals surface area contributed by atoms with Crippen LogP contribution in [0.4, 0.5) is 0 Å². The molecule has 9 heteroatoms. The summed E-state index contributed by atoms with van der Waals surface area (Å²) < 4.78 is 10.1. The molecule has 0 aromatic carbocycles. The summed E-state index contributed by atoms with van der Waals surface area (Å²) in [5.41, 5.74) is 0.837. The van der Waals surface area contributed by atoms with Crippen molar-refractivity contribution in [2.45, 2.75) is 11.0 Å². The van der Waals surface area contributed by atoms with Crippen molar-refractivity contribution in [3.05, 3.63) is 36.3 Å². The van der Waals surface area contributed by atoms with Crippen LogP contribution in [-0.2, 0) is 15.8 Å². The Morgan fingerprint density at radius 3 is 2.74 bits per heavy atom. The van der Waals surface area contributed by atoms with E-state index in [1.54, 1.807) is 24.4 Å². The molecule has 0 saturated heterocycles. The van der Waals surface area contributed by atoms with E-state index in [1.807, 2.05) is 0 Å². The Balaban J connectivity index is 2.49. The molecule has 0 fully saturated rings. The van der Waals surface area contributed by atoms with Gasteiger partial charge in [0.25, 0.3) is 0 Å². The van der Waals surface area contributed by atoms with Crippen LogP contribution in [-0.4, -0.2) is 34.9 Å². The molecular formula is C10H10ClN2O5P. The van der Waals surface area contributed by atoms with Crippen molar-refractivity contribution >= 4 is 30.8 Å². The number of hydrogen-bond acceptors (Lipinski definition) is 3. The highest BCUT2D eigenvalue weighted by atomic mass is 35.5. The van der Waals surface area contributed by atoms with Crippen LogP contribution in [0.3, 0.4) is 0 Å². The average Bonchev–Trinajstić information content (AvgIpc) is 2.71. The summed E-state index contributed by atoms with van der Waals surface area (Å²) in [6.07, 6.45) is 2.40. The van der Waals surface area contributed by atoms with E-state index in [0.717, 1.165) is 0 Å². The standard InChI is InChI=1S/C10H10ClN2O5P/c11-10(9(14)15,19(16,17)18)5-7-6-12-8-3-1-2-4-13(7)8/h1-4,6H,5H2,(H,14,15)(H2,16,17,18). The van der Waals surface area contributed by atoms with Gasteiger partial charge in [0, 0.05) is 24.5 Å². The van der Waals surface area contributed by atoms with Crippen LogP contribution in [0, 0.1) is 0 Å². The number of imidazole rings is 1. The minimum atomic E-state index is -5.04. The predicted octanol–water partition coefficient (Wildman–Crippen LogP) is 1.07. The number of nitrogens with zero attached hydrogens (tertiary/aromatic N) is 2. The van der Waals surface area contributed by atoms with E-state index in [2.05, 4.69) is 4.98 Å². The number of carboxylic acids is 1. The van der Waals surface area contributed by atoms with Gasteiger partial charge in [-0.25, -0.2) is 9.78 Å². The molecule has 1 atom stereocenters. The van der Waals surface area contributed by atoms with Gasteiger partial charge in [-0.1, -0.05) is 17.7 Å². The molecule has 2 rings (SSSR count). The van der Waals surface area contributed by atoms with Crippen molar-refractivity contribution in [3.63, 3.8) is 0 Å². The first-order valence-electron chi connectivity index (χ1n) is 5.14. The molecule has 7 nitrogen and oxygen atoms in total. The predicted molar refractivity (Wildman–Crippen MR) is 67.2 cm³/mol. The summed E-state index contributed by atoms with van der Waals surface area (Å²) in [5, 5.41) is 8.99. The van der Waals surface area contributed by atoms with Gasteiger partial charge >= 0.3 is 13.6 Å². The van der Waals surface area contributed by atoms with Crippen LogP contribution in [0.2, 0.25) is 0 Å². The van der Waals surface area contributed by atoms with Gasteiger partial charge in [-0.2, -0.15) is 0 Å². The fourth-order valence-electron chi connectivity index (χ4n) is 1.66. The van der Waals surface area contributed by atoms with Crippen LogP contribution in [0.5, 0.6) is 0 Å². The Bertz CT molecular complexity index is 681. The first-order chi connectivity index (χ1) is 8.75. The van der Waals surface area contributed by atoms with Crippen molar-refractivity contribution < 1.29 is 24.3 Å². The Morgan fingerprint density at radius 2 is 2.16 bits per heavy atom. The van der Waals surface area contributed by atoms with Gasteiger partial charge in [-0.05, 0) is 12.1 Å². The number of alkyl halides is 1. The summed E-state index contributed by atoms with van der Waals surface area (Å²) in [5.74, 6) is -1.77. The van der Waals surface area contributed by atoms with Crippen molar-refractivity contribution in [1.82, 2.24) is 9.38 Å². The number of rotatable bonds is 4. The second-order valence-corrected chi connectivity index (χ2v) is 6.72. The van der Waals surface area contributed by atoms with Crippen LogP contribution < -0.4 is 0 Å². The molecule has 19 heavy (non-hydrogen) atoms. The zero-order valence-corrected chi connectivity index (χ0v) is 11.1. The summed E-state index contributed by atoms with van der Waals surface area (Å²) in [6, 6.07) is 5.10. The highest BCUT2D eigenvalue weighted by Crippen LogP contribution is 2.55. The number of hydrogen-bond donors (Lipinski definition) is 3. The number of aromatic nitrogens is 2. The van der Waals surface area contributed by atoms with Crippen molar-refractivity contribution in [3.8, 4) is 0 Å². The Morgan fingerprint density at radius 1 is 1.47 bits per heavy atom. The van der Waals surface area contributed by atoms with E-state index in [1.165, 1.54) is 10.6 Å². The van der Waals surface area contributed by atoms with Crippen molar-refractivity contribution in [1.29, 1.82) is 0 Å². The number of aliphatic carboxylic acids is 1. The molecule has 0 aliphatic carbocycles. The fraction of sp³-hybridized carbons (Fsp3) is 0.200. The topological polar surface area (TPSA) is 112 Å². The molecule has 0 aliphatic heterocycles. The van der Waals surface area contributed by atoms with E-state index < -0.39 is 24.6 Å². The smallest absolute Gasteiger partial charge is 0.358 e. The summed E-state index contributed by atoms with van der Waals surface area (Å²) in [6.45, 7) is 0. The molecule has 1 unspecified atom stereocenters. The molecule has 0 aliphatic rings. The van der Waals surface area contributed by atoms with E-state index in [0.29, 0.717) is 11.3 Å². The molecule has 2 heterocycles. The minimum absolute atomic E-state index is 0.302. The maximum absolute atomic E-state index is 11.3. The molecule has 2 aromatic rings. The number of carboxylic acid groups (broad SMARTS) is 1. The molecule has 0 saturated carbocycles. The molecule has 102 valence electrons. The minimum Gasteiger partial charge on any atom is -0.479 e. The molecule has 0 amide bonds. The van der Waals surface area contributed by atoms with Crippen molar-refractivity contribution in [2.75, 3.05) is 0 Å². The van der Waals surface area contributed by atoms with Crippen LogP contribution >= 0.6 is 19.2 Å². The van der Waals surface area contributed by atoms with Gasteiger partial charge in [-0.3, -0.25) is 4.57 Å². The largest absolute Gasteiger partial charge is 0.479 e. The van der Waals surface area contributed by atoms with Crippen LogP contribution in [0.15, 0.2) is 30.6 Å². The average molecular weight is 305 g/mol. The normalized spacial score (nSPS) is 15.3. The van der Waals surface area contributed by atoms with E-state index in [4.69, 9.17) is 26.5 Å². The lowest BCUT2D eigenvalue weighted by molar-refractivity contribution is -0.138. The first kappa shape index (κ1) is 14.0. The summed E-state index contributed by atoms with van der Waals surface area (Å²) in [4.78, 5) is 33.4. The maximum Gasteiger partial charge on any atom is 0.358 e. The van der Waals surface area contributed by atoms with Gasteiger partial charge < -0.3 is 19.3 Å². The van der Waals surface area contributed by atoms with E-state index in [-0.39, 0.29) is 0 Å². The Hall–Kier alpha value is -1.40. The second kappa shape index (κ2) is 4.61. The third-order valence-electron chi connectivity index (χ3n) is 2.70. The Labute approximate surface area is 112 Å². The lowest BCUT2D eigenvalue weighted by Gasteiger charge is -2.22. The molecule has 0 bridgehead atoms. The third kappa shape index (κ3) is 2.37. The zero-order valence-electron chi connectivity index (χ0n) is 9.47.